The molecule has 1 aliphatic carbocycles. The van der Waals surface area contributed by atoms with Gasteiger partial charge in [-0.3, -0.25) is 4.79 Å². The van der Waals surface area contributed by atoms with Crippen molar-refractivity contribution in [2.24, 2.45) is 13.0 Å². The second kappa shape index (κ2) is 4.87. The van der Waals surface area contributed by atoms with Crippen LogP contribution in [0, 0.1) is 5.92 Å². The molecule has 22 heavy (non-hydrogen) atoms. The van der Waals surface area contributed by atoms with Crippen LogP contribution in [-0.4, -0.2) is 28.1 Å². The van der Waals surface area contributed by atoms with Gasteiger partial charge in [-0.15, -0.1) is 0 Å². The molecule has 1 saturated heterocycles. The number of urea groups is 1. The minimum atomic E-state index is -0.0478. The number of amides is 2. The van der Waals surface area contributed by atoms with Gasteiger partial charge >= 0.3 is 6.03 Å². The first kappa shape index (κ1) is 13.4. The van der Waals surface area contributed by atoms with E-state index in [4.69, 9.17) is 0 Å². The summed E-state index contributed by atoms with van der Waals surface area (Å²) in [4.78, 5) is 26.4. The van der Waals surface area contributed by atoms with Crippen LogP contribution < -0.4 is 10.9 Å². The van der Waals surface area contributed by atoms with E-state index in [1.54, 1.807) is 23.9 Å². The maximum absolute atomic E-state index is 12.4. The van der Waals surface area contributed by atoms with Crippen LogP contribution in [0.2, 0.25) is 0 Å². The lowest BCUT2D eigenvalue weighted by atomic mass is 9.92. The van der Waals surface area contributed by atoms with Crippen LogP contribution >= 0.6 is 0 Å². The Labute approximate surface area is 128 Å². The van der Waals surface area contributed by atoms with Gasteiger partial charge in [-0.2, -0.15) is 0 Å². The van der Waals surface area contributed by atoms with Gasteiger partial charge < -0.3 is 14.8 Å². The number of anilines is 1. The number of likely N-dealkylation sites (tertiary alicyclic amines) is 1. The van der Waals surface area contributed by atoms with Crippen LogP contribution in [0.25, 0.3) is 10.8 Å². The molecule has 0 bridgehead atoms. The average molecular weight is 297 g/mol. The summed E-state index contributed by atoms with van der Waals surface area (Å²) < 4.78 is 1.55. The van der Waals surface area contributed by atoms with Crippen LogP contribution in [0.15, 0.2) is 35.3 Å². The number of nitrogens with one attached hydrogen (secondary N) is 1. The molecular formula is C17H19N3O2. The number of carbonyl (C=O) groups is 1. The van der Waals surface area contributed by atoms with Gasteiger partial charge in [0.25, 0.3) is 5.56 Å². The second-order valence-electron chi connectivity index (χ2n) is 6.37. The molecule has 2 unspecified atom stereocenters. The quantitative estimate of drug-likeness (QED) is 0.879. The fourth-order valence-electron chi connectivity index (χ4n) is 3.73. The Balaban J connectivity index is 1.58. The van der Waals surface area contributed by atoms with E-state index in [0.717, 1.165) is 18.4 Å². The number of aryl methyl sites for hydroxylation is 1. The van der Waals surface area contributed by atoms with Crippen molar-refractivity contribution in [3.8, 4) is 0 Å². The second-order valence-corrected chi connectivity index (χ2v) is 6.37. The molecule has 1 aliphatic heterocycles. The molecule has 1 aromatic heterocycles. The Hall–Kier alpha value is -2.30. The van der Waals surface area contributed by atoms with E-state index < -0.39 is 0 Å². The maximum atomic E-state index is 12.4. The number of fused-ring (bicyclic) bond motifs is 2. The van der Waals surface area contributed by atoms with Crippen molar-refractivity contribution < 1.29 is 4.79 Å². The molecular weight excluding hydrogens is 278 g/mol. The number of hydrogen-bond donors (Lipinski definition) is 1. The monoisotopic (exact) mass is 297 g/mol. The van der Waals surface area contributed by atoms with E-state index in [9.17, 15) is 9.59 Å². The van der Waals surface area contributed by atoms with Crippen molar-refractivity contribution >= 4 is 22.5 Å². The highest BCUT2D eigenvalue weighted by Gasteiger charge is 2.44. The lowest BCUT2D eigenvalue weighted by molar-refractivity contribution is 0.0797. The molecule has 0 spiro atoms. The number of rotatable bonds is 1. The zero-order valence-electron chi connectivity index (χ0n) is 12.6. The standard InChI is InChI=1S/C17H19N3O2/c1-19-8-7-11-5-6-13(9-14(11)16(19)21)18-17(22)20-10-12-3-2-4-15(12)20/h5-9,12,15H,2-4,10H2,1H3,(H,18,22). The molecule has 114 valence electrons. The van der Waals surface area contributed by atoms with E-state index in [0.29, 0.717) is 23.0 Å². The third-order valence-corrected chi connectivity index (χ3v) is 5.04. The predicted octanol–water partition coefficient (Wildman–Crippen LogP) is 2.55. The fourth-order valence-corrected chi connectivity index (χ4v) is 3.73. The van der Waals surface area contributed by atoms with Crippen molar-refractivity contribution in [2.75, 3.05) is 11.9 Å². The Morgan fingerprint density at radius 1 is 1.27 bits per heavy atom. The Morgan fingerprint density at radius 2 is 2.14 bits per heavy atom. The zero-order valence-corrected chi connectivity index (χ0v) is 12.6. The molecule has 2 atom stereocenters. The Morgan fingerprint density at radius 3 is 2.95 bits per heavy atom. The number of nitrogens with zero attached hydrogens (tertiary/aromatic N) is 2. The SMILES string of the molecule is Cn1ccc2ccc(NC(=O)N3CC4CCCC43)cc2c1=O. The van der Waals surface area contributed by atoms with Gasteiger partial charge in [0, 0.05) is 36.9 Å². The lowest BCUT2D eigenvalue weighted by Crippen LogP contribution is -2.57. The molecule has 5 nitrogen and oxygen atoms in total. The topological polar surface area (TPSA) is 54.3 Å². The fraction of sp³-hybridized carbons (Fsp3) is 0.412. The van der Waals surface area contributed by atoms with Crippen LogP contribution in [-0.2, 0) is 7.05 Å². The summed E-state index contributed by atoms with van der Waals surface area (Å²) in [6.45, 7) is 0.867. The highest BCUT2D eigenvalue weighted by molar-refractivity contribution is 5.93. The normalized spacial score (nSPS) is 23.2. The maximum Gasteiger partial charge on any atom is 0.322 e. The summed E-state index contributed by atoms with van der Waals surface area (Å²) in [5, 5.41) is 4.45. The van der Waals surface area contributed by atoms with Crippen LogP contribution in [0.3, 0.4) is 0 Å². The molecule has 2 fully saturated rings. The Bertz CT molecular complexity index is 811. The molecule has 5 heteroatoms. The number of aromatic nitrogens is 1. The average Bonchev–Trinajstić information content (AvgIpc) is 2.84. The molecule has 1 aromatic carbocycles. The first-order valence-electron chi connectivity index (χ1n) is 7.80. The molecule has 1 N–H and O–H groups in total. The van der Waals surface area contributed by atoms with E-state index in [1.807, 2.05) is 23.1 Å². The minimum absolute atomic E-state index is 0.0461. The summed E-state index contributed by atoms with van der Waals surface area (Å²) in [6, 6.07) is 7.78. The summed E-state index contributed by atoms with van der Waals surface area (Å²) >= 11 is 0. The molecule has 4 rings (SSSR count). The summed E-state index contributed by atoms with van der Waals surface area (Å²) in [5.41, 5.74) is 0.635. The van der Waals surface area contributed by atoms with Gasteiger partial charge in [-0.05, 0) is 42.3 Å². The van der Waals surface area contributed by atoms with E-state index in [2.05, 4.69) is 5.32 Å². The Kier molecular flexibility index (Phi) is 2.96. The molecule has 1 saturated carbocycles. The van der Waals surface area contributed by atoms with Crippen molar-refractivity contribution in [1.29, 1.82) is 0 Å². The zero-order chi connectivity index (χ0) is 15.3. The smallest absolute Gasteiger partial charge is 0.321 e. The number of benzene rings is 1. The molecule has 2 heterocycles. The van der Waals surface area contributed by atoms with Crippen molar-refractivity contribution in [3.05, 3.63) is 40.8 Å². The van der Waals surface area contributed by atoms with Gasteiger partial charge in [-0.25, -0.2) is 4.79 Å². The number of carbonyl (C=O) groups excluding carboxylic acids is 1. The van der Waals surface area contributed by atoms with Crippen molar-refractivity contribution in [1.82, 2.24) is 9.47 Å². The number of pyridine rings is 1. The van der Waals surface area contributed by atoms with Gasteiger partial charge in [-0.1, -0.05) is 12.5 Å². The third-order valence-electron chi connectivity index (χ3n) is 5.04. The van der Waals surface area contributed by atoms with Crippen molar-refractivity contribution in [3.63, 3.8) is 0 Å². The van der Waals surface area contributed by atoms with Crippen LogP contribution in [0.4, 0.5) is 10.5 Å². The lowest BCUT2D eigenvalue weighted by Gasteiger charge is -2.44. The molecule has 2 amide bonds. The van der Waals surface area contributed by atoms with Gasteiger partial charge in [0.15, 0.2) is 0 Å². The first-order chi connectivity index (χ1) is 10.6. The highest BCUT2D eigenvalue weighted by Crippen LogP contribution is 2.39. The summed E-state index contributed by atoms with van der Waals surface area (Å²) in [6.07, 6.45) is 5.35. The molecule has 2 aliphatic rings. The van der Waals surface area contributed by atoms with Gasteiger partial charge in [0.1, 0.15) is 0 Å². The van der Waals surface area contributed by atoms with Gasteiger partial charge in [0.05, 0.1) is 0 Å². The largest absolute Gasteiger partial charge is 0.322 e. The van der Waals surface area contributed by atoms with Gasteiger partial charge in [0.2, 0.25) is 0 Å². The van der Waals surface area contributed by atoms with E-state index in [1.165, 1.54) is 12.8 Å². The minimum Gasteiger partial charge on any atom is -0.321 e. The van der Waals surface area contributed by atoms with E-state index in [-0.39, 0.29) is 11.6 Å². The van der Waals surface area contributed by atoms with Crippen molar-refractivity contribution in [2.45, 2.75) is 25.3 Å². The highest BCUT2D eigenvalue weighted by atomic mass is 16.2. The van der Waals surface area contributed by atoms with Crippen LogP contribution in [0.1, 0.15) is 19.3 Å². The van der Waals surface area contributed by atoms with Crippen LogP contribution in [0.5, 0.6) is 0 Å². The predicted molar refractivity (Wildman–Crippen MR) is 86.0 cm³/mol. The summed E-state index contributed by atoms with van der Waals surface area (Å²) in [7, 11) is 1.73. The molecule has 2 aromatic rings. The summed E-state index contributed by atoms with van der Waals surface area (Å²) in [5.74, 6) is 0.703. The number of hydrogen-bond acceptors (Lipinski definition) is 2. The first-order valence-corrected chi connectivity index (χ1v) is 7.80. The molecule has 0 radical (unpaired) electrons. The third kappa shape index (κ3) is 2.00. The van der Waals surface area contributed by atoms with E-state index >= 15 is 0 Å².